The Bertz CT molecular complexity index is 382. The van der Waals surface area contributed by atoms with E-state index < -0.39 is 0 Å². The Morgan fingerprint density at radius 3 is 2.95 bits per heavy atom. The predicted molar refractivity (Wildman–Crippen MR) is 74.0 cm³/mol. The van der Waals surface area contributed by atoms with Crippen LogP contribution in [-0.4, -0.2) is 25.9 Å². The number of hydrogen-bond acceptors (Lipinski definition) is 4. The molecule has 1 aliphatic rings. The van der Waals surface area contributed by atoms with Gasteiger partial charge < -0.3 is 19.2 Å². The van der Waals surface area contributed by atoms with E-state index in [1.54, 1.807) is 7.11 Å². The molecule has 2 unspecified atom stereocenters. The van der Waals surface area contributed by atoms with Crippen molar-refractivity contribution in [3.8, 4) is 0 Å². The van der Waals surface area contributed by atoms with Gasteiger partial charge >= 0.3 is 0 Å². The summed E-state index contributed by atoms with van der Waals surface area (Å²) in [6, 6.07) is 4.13. The molecule has 1 saturated heterocycles. The lowest BCUT2D eigenvalue weighted by Gasteiger charge is -2.32. The highest BCUT2D eigenvalue weighted by atomic mass is 16.5. The topological polar surface area (TPSA) is 43.6 Å². The first-order valence-electron chi connectivity index (χ1n) is 7.14. The maximum absolute atomic E-state index is 5.97. The molecule has 0 aliphatic carbocycles. The molecule has 108 valence electrons. The van der Waals surface area contributed by atoms with Gasteiger partial charge in [0.1, 0.15) is 18.1 Å². The van der Waals surface area contributed by atoms with E-state index >= 15 is 0 Å². The summed E-state index contributed by atoms with van der Waals surface area (Å²) in [5.74, 6) is 1.81. The van der Waals surface area contributed by atoms with Gasteiger partial charge in [-0.15, -0.1) is 0 Å². The van der Waals surface area contributed by atoms with Crippen LogP contribution in [0.15, 0.2) is 16.5 Å². The molecule has 0 radical (unpaired) electrons. The molecule has 4 nitrogen and oxygen atoms in total. The van der Waals surface area contributed by atoms with E-state index in [0.717, 1.165) is 43.9 Å². The number of furan rings is 1. The van der Waals surface area contributed by atoms with Crippen molar-refractivity contribution in [2.45, 2.75) is 51.4 Å². The fraction of sp³-hybridized carbons (Fsp3) is 0.733. The minimum absolute atomic E-state index is 0.112. The first-order chi connectivity index (χ1) is 9.19. The van der Waals surface area contributed by atoms with Gasteiger partial charge in [0, 0.05) is 13.7 Å². The highest BCUT2D eigenvalue weighted by Crippen LogP contribution is 2.38. The normalized spacial score (nSPS) is 24.8. The second-order valence-corrected chi connectivity index (χ2v) is 5.39. The smallest absolute Gasteiger partial charge is 0.129 e. The molecule has 1 aliphatic heterocycles. The third-order valence-corrected chi connectivity index (χ3v) is 3.71. The van der Waals surface area contributed by atoms with Crippen LogP contribution in [-0.2, 0) is 16.1 Å². The summed E-state index contributed by atoms with van der Waals surface area (Å²) in [6.07, 6.45) is 3.28. The standard InChI is InChI=1S/C15H25NO3/c1-4-9-16-14(15(2)8-5-10-18-15)13-7-6-12(19-13)11-17-3/h6-7,14,16H,4-5,8-11H2,1-3H3. The fourth-order valence-electron chi connectivity index (χ4n) is 2.70. The van der Waals surface area contributed by atoms with Gasteiger partial charge in [-0.2, -0.15) is 0 Å². The first-order valence-corrected chi connectivity index (χ1v) is 7.14. The lowest BCUT2D eigenvalue weighted by atomic mass is 9.91. The van der Waals surface area contributed by atoms with Gasteiger partial charge in [0.2, 0.25) is 0 Å². The number of ether oxygens (including phenoxy) is 2. The van der Waals surface area contributed by atoms with E-state index in [4.69, 9.17) is 13.9 Å². The van der Waals surface area contributed by atoms with Crippen LogP contribution in [0.3, 0.4) is 0 Å². The average molecular weight is 267 g/mol. The lowest BCUT2D eigenvalue weighted by Crippen LogP contribution is -2.41. The van der Waals surface area contributed by atoms with Crippen LogP contribution < -0.4 is 5.32 Å². The van der Waals surface area contributed by atoms with Crippen molar-refractivity contribution in [3.63, 3.8) is 0 Å². The van der Waals surface area contributed by atoms with Gasteiger partial charge in [0.05, 0.1) is 11.6 Å². The molecule has 0 aromatic carbocycles. The third-order valence-electron chi connectivity index (χ3n) is 3.71. The Balaban J connectivity index is 2.15. The maximum atomic E-state index is 5.97. The summed E-state index contributed by atoms with van der Waals surface area (Å²) < 4.78 is 17.0. The van der Waals surface area contributed by atoms with Crippen molar-refractivity contribution in [2.24, 2.45) is 0 Å². The molecule has 1 aromatic rings. The fourth-order valence-corrected chi connectivity index (χ4v) is 2.70. The molecule has 2 rings (SSSR count). The van der Waals surface area contributed by atoms with Crippen molar-refractivity contribution >= 4 is 0 Å². The maximum Gasteiger partial charge on any atom is 0.129 e. The van der Waals surface area contributed by atoms with Crippen molar-refractivity contribution in [3.05, 3.63) is 23.7 Å². The predicted octanol–water partition coefficient (Wildman–Crippen LogP) is 3.04. The largest absolute Gasteiger partial charge is 0.462 e. The molecule has 0 saturated carbocycles. The summed E-state index contributed by atoms with van der Waals surface area (Å²) >= 11 is 0. The summed E-state index contributed by atoms with van der Waals surface area (Å²) in [4.78, 5) is 0. The SMILES string of the molecule is CCCNC(c1ccc(COC)o1)C1(C)CCCO1. The van der Waals surface area contributed by atoms with Crippen LogP contribution >= 0.6 is 0 Å². The zero-order valence-electron chi connectivity index (χ0n) is 12.2. The molecule has 0 amide bonds. The second kappa shape index (κ2) is 6.55. The summed E-state index contributed by atoms with van der Waals surface area (Å²) in [7, 11) is 1.68. The van der Waals surface area contributed by atoms with Crippen molar-refractivity contribution in [2.75, 3.05) is 20.3 Å². The summed E-state index contributed by atoms with van der Waals surface area (Å²) in [5.41, 5.74) is -0.169. The molecule has 2 atom stereocenters. The average Bonchev–Trinajstić information content (AvgIpc) is 3.01. The van der Waals surface area contributed by atoms with Gasteiger partial charge in [0.15, 0.2) is 0 Å². The third kappa shape index (κ3) is 3.38. The molecule has 1 aromatic heterocycles. The van der Waals surface area contributed by atoms with Crippen LogP contribution in [0.25, 0.3) is 0 Å². The molecular weight excluding hydrogens is 242 g/mol. The van der Waals surface area contributed by atoms with E-state index in [-0.39, 0.29) is 11.6 Å². The summed E-state index contributed by atoms with van der Waals surface area (Å²) in [6.45, 7) is 6.65. The Morgan fingerprint density at radius 1 is 1.47 bits per heavy atom. The van der Waals surface area contributed by atoms with Gasteiger partial charge in [-0.1, -0.05) is 6.92 Å². The highest BCUT2D eigenvalue weighted by Gasteiger charge is 2.40. The Labute approximate surface area is 115 Å². The van der Waals surface area contributed by atoms with Crippen LogP contribution in [0.5, 0.6) is 0 Å². The molecule has 4 heteroatoms. The molecule has 19 heavy (non-hydrogen) atoms. The van der Waals surface area contributed by atoms with Gasteiger partial charge in [-0.25, -0.2) is 0 Å². The van der Waals surface area contributed by atoms with Crippen LogP contribution in [0.2, 0.25) is 0 Å². The monoisotopic (exact) mass is 267 g/mol. The molecule has 0 spiro atoms. The number of hydrogen-bond donors (Lipinski definition) is 1. The summed E-state index contributed by atoms with van der Waals surface area (Å²) in [5, 5.41) is 3.56. The molecule has 0 bridgehead atoms. The minimum atomic E-state index is -0.169. The lowest BCUT2D eigenvalue weighted by molar-refractivity contribution is -0.0187. The Hall–Kier alpha value is -0.840. The molecule has 1 N–H and O–H groups in total. The molecular formula is C15H25NO3. The number of methoxy groups -OCH3 is 1. The quantitative estimate of drug-likeness (QED) is 0.824. The molecule has 1 fully saturated rings. The van der Waals surface area contributed by atoms with Crippen LogP contribution in [0.4, 0.5) is 0 Å². The van der Waals surface area contributed by atoms with E-state index in [0.29, 0.717) is 6.61 Å². The van der Waals surface area contributed by atoms with Gasteiger partial charge in [-0.05, 0) is 44.9 Å². The Morgan fingerprint density at radius 2 is 2.32 bits per heavy atom. The van der Waals surface area contributed by atoms with E-state index in [1.165, 1.54) is 0 Å². The van der Waals surface area contributed by atoms with Gasteiger partial charge in [-0.3, -0.25) is 0 Å². The van der Waals surface area contributed by atoms with Crippen LogP contribution in [0, 0.1) is 0 Å². The highest BCUT2D eigenvalue weighted by molar-refractivity contribution is 5.15. The second-order valence-electron chi connectivity index (χ2n) is 5.39. The van der Waals surface area contributed by atoms with Crippen molar-refractivity contribution in [1.29, 1.82) is 0 Å². The molecule has 2 heterocycles. The van der Waals surface area contributed by atoms with E-state index in [1.807, 2.05) is 12.1 Å². The minimum Gasteiger partial charge on any atom is -0.462 e. The van der Waals surface area contributed by atoms with Crippen LogP contribution in [0.1, 0.15) is 50.7 Å². The number of rotatable bonds is 7. The van der Waals surface area contributed by atoms with E-state index in [2.05, 4.69) is 19.2 Å². The van der Waals surface area contributed by atoms with Crippen molar-refractivity contribution < 1.29 is 13.9 Å². The zero-order chi connectivity index (χ0) is 13.7. The number of nitrogens with one attached hydrogen (secondary N) is 1. The first kappa shape index (κ1) is 14.6. The van der Waals surface area contributed by atoms with Gasteiger partial charge in [0.25, 0.3) is 0 Å². The van der Waals surface area contributed by atoms with Crippen molar-refractivity contribution in [1.82, 2.24) is 5.32 Å². The Kier molecular flexibility index (Phi) is 5.02. The zero-order valence-corrected chi connectivity index (χ0v) is 12.2. The van der Waals surface area contributed by atoms with E-state index in [9.17, 15) is 0 Å².